The second-order valence-electron chi connectivity index (χ2n) is 4.44. The van der Waals surface area contributed by atoms with Crippen molar-refractivity contribution in [1.29, 1.82) is 0 Å². The highest BCUT2D eigenvalue weighted by Gasteiger charge is 2.14. The summed E-state index contributed by atoms with van der Waals surface area (Å²) < 4.78 is 1.01. The van der Waals surface area contributed by atoms with Crippen LogP contribution < -0.4 is 5.32 Å². The molecular weight excluding hydrogens is 358 g/mol. The topological polar surface area (TPSA) is 37.8 Å². The van der Waals surface area contributed by atoms with Crippen molar-refractivity contribution in [2.45, 2.75) is 13.8 Å². The van der Waals surface area contributed by atoms with Crippen molar-refractivity contribution in [3.8, 4) is 0 Å². The minimum absolute atomic E-state index is 0.260. The van der Waals surface area contributed by atoms with Crippen LogP contribution in [0.2, 0.25) is 5.28 Å². The van der Waals surface area contributed by atoms with E-state index in [1.807, 2.05) is 24.3 Å². The van der Waals surface area contributed by atoms with Crippen molar-refractivity contribution in [2.24, 2.45) is 0 Å². The lowest BCUT2D eigenvalue weighted by Crippen LogP contribution is -1.96. The number of hydrogen-bond acceptors (Lipinski definition) is 4. The Morgan fingerprint density at radius 2 is 2.05 bits per heavy atom. The van der Waals surface area contributed by atoms with Gasteiger partial charge < -0.3 is 5.32 Å². The van der Waals surface area contributed by atoms with Crippen molar-refractivity contribution in [2.75, 3.05) is 5.32 Å². The maximum Gasteiger partial charge on any atom is 0.225 e. The monoisotopic (exact) mass is 367 g/mol. The van der Waals surface area contributed by atoms with Crippen LogP contribution >= 0.6 is 38.9 Å². The van der Waals surface area contributed by atoms with Gasteiger partial charge in [-0.1, -0.05) is 22.0 Å². The standard InChI is InChI=1S/C14H11BrClN3S/c1-7-8(2)20-13-11(7)12(18-14(16)19-13)17-10-5-3-4-9(15)6-10/h3-6H,1-2H3,(H,17,18,19). The third-order valence-corrected chi connectivity index (χ3v) is 4.85. The van der Waals surface area contributed by atoms with E-state index in [0.717, 1.165) is 26.2 Å². The van der Waals surface area contributed by atoms with E-state index in [-0.39, 0.29) is 5.28 Å². The molecule has 3 nitrogen and oxygen atoms in total. The molecule has 0 aliphatic carbocycles. The van der Waals surface area contributed by atoms with Crippen molar-refractivity contribution in [3.63, 3.8) is 0 Å². The zero-order valence-electron chi connectivity index (χ0n) is 10.9. The normalized spacial score (nSPS) is 11.0. The maximum atomic E-state index is 6.02. The van der Waals surface area contributed by atoms with Crippen LogP contribution in [0.1, 0.15) is 10.4 Å². The summed E-state index contributed by atoms with van der Waals surface area (Å²) >= 11 is 11.1. The Kier molecular flexibility index (Phi) is 3.67. The van der Waals surface area contributed by atoms with Crippen LogP contribution in [-0.2, 0) is 0 Å². The molecule has 0 spiro atoms. The van der Waals surface area contributed by atoms with Crippen LogP contribution in [0.3, 0.4) is 0 Å². The number of fused-ring (bicyclic) bond motifs is 1. The Balaban J connectivity index is 2.15. The fraction of sp³-hybridized carbons (Fsp3) is 0.143. The molecule has 0 unspecified atom stereocenters. The second kappa shape index (κ2) is 5.31. The van der Waals surface area contributed by atoms with Gasteiger partial charge in [0.1, 0.15) is 10.6 Å². The minimum atomic E-state index is 0.260. The Morgan fingerprint density at radius 3 is 2.80 bits per heavy atom. The molecule has 3 aromatic rings. The molecule has 0 radical (unpaired) electrons. The number of aryl methyl sites for hydroxylation is 2. The van der Waals surface area contributed by atoms with Gasteiger partial charge in [0, 0.05) is 15.0 Å². The van der Waals surface area contributed by atoms with E-state index in [4.69, 9.17) is 11.6 Å². The summed E-state index contributed by atoms with van der Waals surface area (Å²) in [5.41, 5.74) is 2.15. The van der Waals surface area contributed by atoms with Gasteiger partial charge in [0.15, 0.2) is 0 Å². The Morgan fingerprint density at radius 1 is 1.25 bits per heavy atom. The first-order chi connectivity index (χ1) is 9.54. The predicted molar refractivity (Wildman–Crippen MR) is 89.3 cm³/mol. The lowest BCUT2D eigenvalue weighted by molar-refractivity contribution is 1.22. The number of thiophene rings is 1. The SMILES string of the molecule is Cc1sc2nc(Cl)nc(Nc3cccc(Br)c3)c2c1C. The molecule has 1 aromatic carbocycles. The summed E-state index contributed by atoms with van der Waals surface area (Å²) in [4.78, 5) is 10.8. The highest BCUT2D eigenvalue weighted by atomic mass is 79.9. The summed E-state index contributed by atoms with van der Waals surface area (Å²) in [6, 6.07) is 7.93. The van der Waals surface area contributed by atoms with Gasteiger partial charge in [0.2, 0.25) is 5.28 Å². The number of aromatic nitrogens is 2. The highest BCUT2D eigenvalue weighted by Crippen LogP contribution is 2.35. The van der Waals surface area contributed by atoms with E-state index in [1.165, 1.54) is 10.4 Å². The fourth-order valence-corrected chi connectivity index (χ4v) is 3.66. The third-order valence-electron chi connectivity index (χ3n) is 3.09. The average Bonchev–Trinajstić information content (AvgIpc) is 2.64. The molecule has 0 amide bonds. The molecule has 0 saturated heterocycles. The molecule has 0 fully saturated rings. The van der Waals surface area contributed by atoms with Gasteiger partial charge in [0.25, 0.3) is 0 Å². The second-order valence-corrected chi connectivity index (χ2v) is 6.90. The van der Waals surface area contributed by atoms with Crippen LogP contribution in [0, 0.1) is 13.8 Å². The van der Waals surface area contributed by atoms with Crippen LogP contribution in [0.4, 0.5) is 11.5 Å². The zero-order chi connectivity index (χ0) is 14.3. The summed E-state index contributed by atoms with van der Waals surface area (Å²) in [5, 5.41) is 4.62. The molecule has 3 rings (SSSR count). The highest BCUT2D eigenvalue weighted by molar-refractivity contribution is 9.10. The number of nitrogens with zero attached hydrogens (tertiary/aromatic N) is 2. The predicted octanol–water partition coefficient (Wildman–Crippen LogP) is 5.47. The molecule has 0 atom stereocenters. The van der Waals surface area contributed by atoms with Gasteiger partial charge in [-0.2, -0.15) is 4.98 Å². The van der Waals surface area contributed by atoms with Gasteiger partial charge in [0.05, 0.1) is 5.39 Å². The molecule has 2 heterocycles. The van der Waals surface area contributed by atoms with Crippen LogP contribution in [0.25, 0.3) is 10.2 Å². The maximum absolute atomic E-state index is 6.02. The molecule has 6 heteroatoms. The van der Waals surface area contributed by atoms with Crippen LogP contribution in [0.15, 0.2) is 28.7 Å². The lowest BCUT2D eigenvalue weighted by atomic mass is 10.2. The van der Waals surface area contributed by atoms with Crippen molar-refractivity contribution in [3.05, 3.63) is 44.5 Å². The first-order valence-corrected chi connectivity index (χ1v) is 7.99. The average molecular weight is 369 g/mol. The molecule has 0 saturated carbocycles. The number of anilines is 2. The third kappa shape index (κ3) is 2.53. The van der Waals surface area contributed by atoms with E-state index < -0.39 is 0 Å². The molecule has 0 aliphatic rings. The minimum Gasteiger partial charge on any atom is -0.340 e. The van der Waals surface area contributed by atoms with Gasteiger partial charge in [-0.15, -0.1) is 11.3 Å². The van der Waals surface area contributed by atoms with Crippen molar-refractivity contribution >= 4 is 60.6 Å². The number of rotatable bonds is 2. The van der Waals surface area contributed by atoms with Crippen molar-refractivity contribution < 1.29 is 0 Å². The zero-order valence-corrected chi connectivity index (χ0v) is 14.0. The summed E-state index contributed by atoms with van der Waals surface area (Å²) in [6.07, 6.45) is 0. The number of halogens is 2. The van der Waals surface area contributed by atoms with Gasteiger partial charge in [-0.3, -0.25) is 0 Å². The van der Waals surface area contributed by atoms with Gasteiger partial charge >= 0.3 is 0 Å². The Hall–Kier alpha value is -1.17. The van der Waals surface area contributed by atoms with Crippen LogP contribution in [-0.4, -0.2) is 9.97 Å². The molecule has 1 N–H and O–H groups in total. The van der Waals surface area contributed by atoms with E-state index in [9.17, 15) is 0 Å². The first kappa shape index (κ1) is 13.8. The Labute approximate surface area is 134 Å². The Bertz CT molecular complexity index is 800. The molecule has 0 aliphatic heterocycles. The van der Waals surface area contributed by atoms with Crippen molar-refractivity contribution in [1.82, 2.24) is 9.97 Å². The number of benzene rings is 1. The largest absolute Gasteiger partial charge is 0.340 e. The fourth-order valence-electron chi connectivity index (χ4n) is 2.02. The van der Waals surface area contributed by atoms with Gasteiger partial charge in [-0.25, -0.2) is 4.98 Å². The van der Waals surface area contributed by atoms with Crippen LogP contribution in [0.5, 0.6) is 0 Å². The number of nitrogens with one attached hydrogen (secondary N) is 1. The summed E-state index contributed by atoms with van der Waals surface area (Å²) in [5.74, 6) is 0.750. The summed E-state index contributed by atoms with van der Waals surface area (Å²) in [7, 11) is 0. The molecule has 2 aromatic heterocycles. The van der Waals surface area contributed by atoms with E-state index in [1.54, 1.807) is 11.3 Å². The summed E-state index contributed by atoms with van der Waals surface area (Å²) in [6.45, 7) is 4.16. The van der Waals surface area contributed by atoms with E-state index >= 15 is 0 Å². The van der Waals surface area contributed by atoms with E-state index in [0.29, 0.717) is 0 Å². The quantitative estimate of drug-likeness (QED) is 0.610. The number of hydrogen-bond donors (Lipinski definition) is 1. The molecule has 20 heavy (non-hydrogen) atoms. The molecular formula is C14H11BrClN3S. The lowest BCUT2D eigenvalue weighted by Gasteiger charge is -2.08. The molecule has 0 bridgehead atoms. The van der Waals surface area contributed by atoms with Gasteiger partial charge in [-0.05, 0) is 49.2 Å². The first-order valence-electron chi connectivity index (χ1n) is 6.00. The molecule has 102 valence electrons. The van der Waals surface area contributed by atoms with E-state index in [2.05, 4.69) is 45.1 Å². The smallest absolute Gasteiger partial charge is 0.225 e.